The summed E-state index contributed by atoms with van der Waals surface area (Å²) in [5.41, 5.74) is 1.47. The van der Waals surface area contributed by atoms with Crippen molar-refractivity contribution < 1.29 is 14.7 Å². The Balaban J connectivity index is 1.55. The predicted octanol–water partition coefficient (Wildman–Crippen LogP) is 1.92. The predicted molar refractivity (Wildman–Crippen MR) is 90.7 cm³/mol. The lowest BCUT2D eigenvalue weighted by molar-refractivity contribution is -0.131. The van der Waals surface area contributed by atoms with Gasteiger partial charge in [-0.05, 0) is 23.8 Å². The molecule has 0 saturated carbocycles. The number of hydrogen-bond donors (Lipinski definition) is 1. The van der Waals surface area contributed by atoms with Crippen molar-refractivity contribution in [1.82, 2.24) is 9.80 Å². The highest BCUT2D eigenvalue weighted by Gasteiger charge is 2.24. The first-order valence-corrected chi connectivity index (χ1v) is 8.03. The molecule has 0 bridgehead atoms. The van der Waals surface area contributed by atoms with Crippen LogP contribution in [0.3, 0.4) is 0 Å². The largest absolute Gasteiger partial charge is 0.508 e. The molecule has 0 unspecified atom stereocenters. The summed E-state index contributed by atoms with van der Waals surface area (Å²) in [4.78, 5) is 28.3. The fraction of sp³-hybridized carbons (Fsp3) is 0.263. The molecule has 0 aliphatic carbocycles. The van der Waals surface area contributed by atoms with E-state index in [-0.39, 0.29) is 17.6 Å². The molecule has 0 spiro atoms. The van der Waals surface area contributed by atoms with Crippen molar-refractivity contribution in [3.63, 3.8) is 0 Å². The van der Waals surface area contributed by atoms with Crippen molar-refractivity contribution in [2.75, 3.05) is 26.2 Å². The second-order valence-corrected chi connectivity index (χ2v) is 5.89. The van der Waals surface area contributed by atoms with Crippen molar-refractivity contribution in [2.24, 2.45) is 0 Å². The van der Waals surface area contributed by atoms with Gasteiger partial charge >= 0.3 is 0 Å². The minimum atomic E-state index is -0.110. The van der Waals surface area contributed by atoms with Gasteiger partial charge in [0.05, 0.1) is 6.42 Å². The first-order valence-electron chi connectivity index (χ1n) is 8.03. The van der Waals surface area contributed by atoms with Crippen LogP contribution in [0.2, 0.25) is 0 Å². The number of hydrogen-bond acceptors (Lipinski definition) is 3. The highest BCUT2D eigenvalue weighted by molar-refractivity contribution is 5.94. The molecule has 5 nitrogen and oxygen atoms in total. The fourth-order valence-electron chi connectivity index (χ4n) is 2.86. The molecule has 124 valence electrons. The molecule has 1 heterocycles. The third kappa shape index (κ3) is 3.74. The topological polar surface area (TPSA) is 60.9 Å². The highest BCUT2D eigenvalue weighted by Crippen LogP contribution is 2.15. The van der Waals surface area contributed by atoms with Crippen molar-refractivity contribution >= 4 is 11.8 Å². The van der Waals surface area contributed by atoms with Crippen LogP contribution < -0.4 is 0 Å². The minimum Gasteiger partial charge on any atom is -0.508 e. The lowest BCUT2D eigenvalue weighted by Gasteiger charge is -2.35. The molecule has 3 rings (SSSR count). The van der Waals surface area contributed by atoms with E-state index < -0.39 is 0 Å². The summed E-state index contributed by atoms with van der Waals surface area (Å²) in [6, 6.07) is 16.0. The van der Waals surface area contributed by atoms with E-state index in [9.17, 15) is 14.7 Å². The summed E-state index contributed by atoms with van der Waals surface area (Å²) >= 11 is 0. The molecule has 2 aromatic rings. The van der Waals surface area contributed by atoms with E-state index in [2.05, 4.69) is 0 Å². The number of phenols is 1. The van der Waals surface area contributed by atoms with Gasteiger partial charge in [0.15, 0.2) is 0 Å². The molecule has 1 N–H and O–H groups in total. The monoisotopic (exact) mass is 324 g/mol. The Bertz CT molecular complexity index is 722. The number of benzene rings is 2. The number of rotatable bonds is 3. The smallest absolute Gasteiger partial charge is 0.254 e. The molecule has 0 atom stereocenters. The summed E-state index contributed by atoms with van der Waals surface area (Å²) in [5, 5.41) is 9.49. The summed E-state index contributed by atoms with van der Waals surface area (Å²) in [5.74, 6) is 0.0595. The van der Waals surface area contributed by atoms with Gasteiger partial charge in [-0.25, -0.2) is 0 Å². The normalized spacial score (nSPS) is 14.5. The van der Waals surface area contributed by atoms with Crippen LogP contribution in [0.5, 0.6) is 5.75 Å². The van der Waals surface area contributed by atoms with Gasteiger partial charge in [-0.15, -0.1) is 0 Å². The quantitative estimate of drug-likeness (QED) is 0.938. The van der Waals surface area contributed by atoms with Gasteiger partial charge in [0, 0.05) is 31.7 Å². The Morgan fingerprint density at radius 1 is 0.875 bits per heavy atom. The lowest BCUT2D eigenvalue weighted by Crippen LogP contribution is -2.51. The maximum Gasteiger partial charge on any atom is 0.254 e. The Morgan fingerprint density at radius 2 is 1.54 bits per heavy atom. The second-order valence-electron chi connectivity index (χ2n) is 5.89. The summed E-state index contributed by atoms with van der Waals surface area (Å²) in [7, 11) is 0. The van der Waals surface area contributed by atoms with E-state index in [0.29, 0.717) is 38.2 Å². The standard InChI is InChI=1S/C19H20N2O3/c22-17-8-4-7-16(14-17)19(24)21-11-9-20(10-12-21)18(23)13-15-5-2-1-3-6-15/h1-8,14,22H,9-13H2. The molecule has 1 fully saturated rings. The molecular formula is C19H20N2O3. The Kier molecular flexibility index (Phi) is 4.79. The first kappa shape index (κ1) is 16.1. The second kappa shape index (κ2) is 7.17. The van der Waals surface area contributed by atoms with E-state index in [0.717, 1.165) is 5.56 Å². The van der Waals surface area contributed by atoms with Gasteiger partial charge in [-0.3, -0.25) is 9.59 Å². The average Bonchev–Trinajstić information content (AvgIpc) is 2.62. The van der Waals surface area contributed by atoms with E-state index in [1.54, 1.807) is 21.9 Å². The van der Waals surface area contributed by atoms with Crippen LogP contribution >= 0.6 is 0 Å². The number of aromatic hydroxyl groups is 1. The van der Waals surface area contributed by atoms with Gasteiger partial charge in [0.2, 0.25) is 5.91 Å². The maximum absolute atomic E-state index is 12.4. The number of carbonyl (C=O) groups excluding carboxylic acids is 2. The highest BCUT2D eigenvalue weighted by atomic mass is 16.3. The first-order chi connectivity index (χ1) is 11.6. The van der Waals surface area contributed by atoms with Gasteiger partial charge in [0.25, 0.3) is 5.91 Å². The molecule has 5 heteroatoms. The average molecular weight is 324 g/mol. The van der Waals surface area contributed by atoms with Crippen molar-refractivity contribution in [1.29, 1.82) is 0 Å². The van der Waals surface area contributed by atoms with E-state index >= 15 is 0 Å². The van der Waals surface area contributed by atoms with Crippen LogP contribution in [0.25, 0.3) is 0 Å². The Hall–Kier alpha value is -2.82. The van der Waals surface area contributed by atoms with Crippen LogP contribution in [0.1, 0.15) is 15.9 Å². The number of nitrogens with zero attached hydrogens (tertiary/aromatic N) is 2. The van der Waals surface area contributed by atoms with E-state index in [1.807, 2.05) is 30.3 Å². The van der Waals surface area contributed by atoms with Gasteiger partial charge in [-0.1, -0.05) is 36.4 Å². The van der Waals surface area contributed by atoms with Gasteiger partial charge in [0.1, 0.15) is 5.75 Å². The summed E-state index contributed by atoms with van der Waals surface area (Å²) in [6.45, 7) is 2.09. The molecule has 1 saturated heterocycles. The van der Waals surface area contributed by atoms with E-state index in [4.69, 9.17) is 0 Å². The van der Waals surface area contributed by atoms with Crippen LogP contribution in [-0.4, -0.2) is 52.9 Å². The molecule has 1 aliphatic rings. The lowest BCUT2D eigenvalue weighted by atomic mass is 10.1. The number of phenolic OH excluding ortho intramolecular Hbond substituents is 1. The zero-order valence-electron chi connectivity index (χ0n) is 13.4. The molecule has 2 amide bonds. The SMILES string of the molecule is O=C(Cc1ccccc1)N1CCN(C(=O)c2cccc(O)c2)CC1. The van der Waals surface area contributed by atoms with Crippen molar-refractivity contribution in [2.45, 2.75) is 6.42 Å². The number of carbonyl (C=O) groups is 2. The zero-order valence-corrected chi connectivity index (χ0v) is 13.4. The number of piperazine rings is 1. The zero-order chi connectivity index (χ0) is 16.9. The molecule has 0 radical (unpaired) electrons. The van der Waals surface area contributed by atoms with Crippen LogP contribution in [0.15, 0.2) is 54.6 Å². The van der Waals surface area contributed by atoms with Crippen LogP contribution in [0.4, 0.5) is 0 Å². The van der Waals surface area contributed by atoms with Crippen molar-refractivity contribution in [3.05, 3.63) is 65.7 Å². The summed E-state index contributed by atoms with van der Waals surface area (Å²) in [6.07, 6.45) is 0.390. The number of amides is 2. The molecule has 1 aliphatic heterocycles. The maximum atomic E-state index is 12.4. The van der Waals surface area contributed by atoms with Gasteiger partial charge in [-0.2, -0.15) is 0 Å². The Labute approximate surface area is 141 Å². The molecular weight excluding hydrogens is 304 g/mol. The van der Waals surface area contributed by atoms with Crippen LogP contribution in [-0.2, 0) is 11.2 Å². The van der Waals surface area contributed by atoms with E-state index in [1.165, 1.54) is 12.1 Å². The third-order valence-corrected chi connectivity index (χ3v) is 4.21. The summed E-state index contributed by atoms with van der Waals surface area (Å²) < 4.78 is 0. The third-order valence-electron chi connectivity index (χ3n) is 4.21. The molecule has 24 heavy (non-hydrogen) atoms. The fourth-order valence-corrected chi connectivity index (χ4v) is 2.86. The van der Waals surface area contributed by atoms with Gasteiger partial charge < -0.3 is 14.9 Å². The van der Waals surface area contributed by atoms with Crippen molar-refractivity contribution in [3.8, 4) is 5.75 Å². The molecule has 2 aromatic carbocycles. The Morgan fingerprint density at radius 3 is 2.21 bits per heavy atom. The molecule has 0 aromatic heterocycles. The minimum absolute atomic E-state index is 0.0810. The van der Waals surface area contributed by atoms with Crippen LogP contribution in [0, 0.1) is 0 Å².